The van der Waals surface area contributed by atoms with Crippen molar-refractivity contribution in [1.29, 1.82) is 0 Å². The fourth-order valence-electron chi connectivity index (χ4n) is 0.957. The lowest BCUT2D eigenvalue weighted by Crippen LogP contribution is -2.31. The molecular weight excluding hydrogens is 170 g/mol. The maximum atomic E-state index is 11.1. The molecule has 0 aliphatic heterocycles. The number of nitrogen functional groups attached to an aromatic ring is 3. The molecule has 70 valence electrons. The molecular formula is C7H11N5O. The molecule has 0 heterocycles. The van der Waals surface area contributed by atoms with Crippen LogP contribution >= 0.6 is 0 Å². The van der Waals surface area contributed by atoms with Gasteiger partial charge in [-0.15, -0.1) is 0 Å². The van der Waals surface area contributed by atoms with Gasteiger partial charge in [-0.25, -0.2) is 5.84 Å². The van der Waals surface area contributed by atoms with Crippen LogP contribution in [0.5, 0.6) is 0 Å². The first-order valence-corrected chi connectivity index (χ1v) is 3.56. The number of nitrogens with two attached hydrogens (primary N) is 3. The molecule has 1 amide bonds. The monoisotopic (exact) mass is 181 g/mol. The SMILES string of the molecule is NNC(=O)c1ccc(N)cc1NN. The predicted octanol–water partition coefficient (Wildman–Crippen LogP) is -0.842. The van der Waals surface area contributed by atoms with Gasteiger partial charge >= 0.3 is 0 Å². The Kier molecular flexibility index (Phi) is 2.68. The molecule has 0 saturated heterocycles. The smallest absolute Gasteiger partial charge is 0.267 e. The van der Waals surface area contributed by atoms with Crippen molar-refractivity contribution < 1.29 is 4.79 Å². The normalized spacial score (nSPS) is 9.38. The summed E-state index contributed by atoms with van der Waals surface area (Å²) in [5, 5.41) is 0. The second kappa shape index (κ2) is 3.74. The average molecular weight is 181 g/mol. The second-order valence-electron chi connectivity index (χ2n) is 2.42. The van der Waals surface area contributed by atoms with E-state index in [1.165, 1.54) is 6.07 Å². The van der Waals surface area contributed by atoms with Crippen LogP contribution < -0.4 is 28.3 Å². The van der Waals surface area contributed by atoms with Gasteiger partial charge in [-0.3, -0.25) is 16.1 Å². The second-order valence-corrected chi connectivity index (χ2v) is 2.42. The molecule has 13 heavy (non-hydrogen) atoms. The van der Waals surface area contributed by atoms with Gasteiger partial charge in [0.25, 0.3) is 5.91 Å². The third kappa shape index (κ3) is 1.86. The fraction of sp³-hybridized carbons (Fsp3) is 0. The van der Waals surface area contributed by atoms with E-state index in [0.29, 0.717) is 16.9 Å². The van der Waals surface area contributed by atoms with Crippen molar-refractivity contribution >= 4 is 17.3 Å². The molecule has 1 aromatic carbocycles. The Bertz CT molecular complexity index is 325. The minimum atomic E-state index is -0.423. The van der Waals surface area contributed by atoms with Gasteiger partial charge in [-0.05, 0) is 18.2 Å². The highest BCUT2D eigenvalue weighted by Gasteiger charge is 2.08. The number of carbonyl (C=O) groups is 1. The van der Waals surface area contributed by atoms with Gasteiger partial charge in [-0.1, -0.05) is 0 Å². The Morgan fingerprint density at radius 1 is 1.31 bits per heavy atom. The van der Waals surface area contributed by atoms with E-state index >= 15 is 0 Å². The number of hydrogen-bond acceptors (Lipinski definition) is 5. The van der Waals surface area contributed by atoms with Crippen molar-refractivity contribution in [2.45, 2.75) is 0 Å². The van der Waals surface area contributed by atoms with Crippen LogP contribution in [0.1, 0.15) is 10.4 Å². The molecule has 6 nitrogen and oxygen atoms in total. The summed E-state index contributed by atoms with van der Waals surface area (Å²) in [7, 11) is 0. The van der Waals surface area contributed by atoms with Gasteiger partial charge in [0, 0.05) is 5.69 Å². The van der Waals surface area contributed by atoms with Crippen LogP contribution in [0, 0.1) is 0 Å². The summed E-state index contributed by atoms with van der Waals surface area (Å²) in [4.78, 5) is 11.1. The molecule has 0 radical (unpaired) electrons. The highest BCUT2D eigenvalue weighted by atomic mass is 16.2. The first-order chi connectivity index (χ1) is 6.19. The third-order valence-electron chi connectivity index (χ3n) is 1.57. The van der Waals surface area contributed by atoms with Crippen LogP contribution in [-0.4, -0.2) is 5.91 Å². The molecule has 0 spiro atoms. The molecule has 6 heteroatoms. The Morgan fingerprint density at radius 3 is 2.54 bits per heavy atom. The van der Waals surface area contributed by atoms with Crippen LogP contribution in [0.15, 0.2) is 18.2 Å². The third-order valence-corrected chi connectivity index (χ3v) is 1.57. The number of anilines is 2. The minimum Gasteiger partial charge on any atom is -0.399 e. The average Bonchev–Trinajstić information content (AvgIpc) is 2.16. The van der Waals surface area contributed by atoms with Crippen LogP contribution in [0.2, 0.25) is 0 Å². The maximum absolute atomic E-state index is 11.1. The van der Waals surface area contributed by atoms with Crippen molar-refractivity contribution in [2.75, 3.05) is 11.2 Å². The van der Waals surface area contributed by atoms with Crippen molar-refractivity contribution in [3.63, 3.8) is 0 Å². The number of hydrogen-bond donors (Lipinski definition) is 5. The Morgan fingerprint density at radius 2 is 2.00 bits per heavy atom. The zero-order valence-electron chi connectivity index (χ0n) is 6.87. The predicted molar refractivity (Wildman–Crippen MR) is 50.3 cm³/mol. The van der Waals surface area contributed by atoms with Crippen molar-refractivity contribution in [3.8, 4) is 0 Å². The summed E-state index contributed by atoms with van der Waals surface area (Å²) in [5.41, 5.74) is 11.1. The fourth-order valence-corrected chi connectivity index (χ4v) is 0.957. The van der Waals surface area contributed by atoms with E-state index in [-0.39, 0.29) is 0 Å². The topological polar surface area (TPSA) is 119 Å². The molecule has 0 saturated carbocycles. The lowest BCUT2D eigenvalue weighted by molar-refractivity contribution is 0.0954. The molecule has 0 aliphatic carbocycles. The highest BCUT2D eigenvalue weighted by molar-refractivity contribution is 5.99. The van der Waals surface area contributed by atoms with Crippen LogP contribution in [-0.2, 0) is 0 Å². The number of hydrazine groups is 2. The van der Waals surface area contributed by atoms with Crippen molar-refractivity contribution in [3.05, 3.63) is 23.8 Å². The van der Waals surface area contributed by atoms with Crippen LogP contribution in [0.25, 0.3) is 0 Å². The van der Waals surface area contributed by atoms with Gasteiger partial charge in [0.15, 0.2) is 0 Å². The lowest BCUT2D eigenvalue weighted by atomic mass is 10.1. The number of rotatable bonds is 2. The van der Waals surface area contributed by atoms with E-state index < -0.39 is 5.91 Å². The number of amides is 1. The van der Waals surface area contributed by atoms with E-state index in [2.05, 4.69) is 5.43 Å². The van der Waals surface area contributed by atoms with Gasteiger partial charge in [0.1, 0.15) is 0 Å². The molecule has 0 unspecified atom stereocenters. The van der Waals surface area contributed by atoms with Gasteiger partial charge < -0.3 is 11.2 Å². The molecule has 1 aromatic rings. The van der Waals surface area contributed by atoms with E-state index in [1.54, 1.807) is 12.1 Å². The maximum Gasteiger partial charge on any atom is 0.267 e. The highest BCUT2D eigenvalue weighted by Crippen LogP contribution is 2.17. The largest absolute Gasteiger partial charge is 0.399 e. The summed E-state index contributed by atoms with van der Waals surface area (Å²) >= 11 is 0. The Hall–Kier alpha value is -1.79. The molecule has 0 atom stereocenters. The lowest BCUT2D eigenvalue weighted by Gasteiger charge is -2.07. The minimum absolute atomic E-state index is 0.346. The van der Waals surface area contributed by atoms with Crippen molar-refractivity contribution in [2.24, 2.45) is 11.7 Å². The first kappa shape index (κ1) is 9.30. The molecule has 1 rings (SSSR count). The van der Waals surface area contributed by atoms with Gasteiger partial charge in [-0.2, -0.15) is 0 Å². The van der Waals surface area contributed by atoms with E-state index in [9.17, 15) is 4.79 Å². The number of nitrogens with one attached hydrogen (secondary N) is 2. The zero-order valence-corrected chi connectivity index (χ0v) is 6.87. The van der Waals surface area contributed by atoms with Gasteiger partial charge in [0.2, 0.25) is 0 Å². The molecule has 0 bridgehead atoms. The number of benzene rings is 1. The summed E-state index contributed by atoms with van der Waals surface area (Å²) < 4.78 is 0. The van der Waals surface area contributed by atoms with E-state index in [0.717, 1.165) is 0 Å². The quantitative estimate of drug-likeness (QED) is 0.176. The molecule has 0 fully saturated rings. The zero-order chi connectivity index (χ0) is 9.84. The van der Waals surface area contributed by atoms with Crippen LogP contribution in [0.4, 0.5) is 11.4 Å². The Labute approximate surface area is 75.0 Å². The summed E-state index contributed by atoms with van der Waals surface area (Å²) in [6.07, 6.45) is 0. The summed E-state index contributed by atoms with van der Waals surface area (Å²) in [5.74, 6) is 9.73. The Balaban J connectivity index is 3.13. The molecule has 8 N–H and O–H groups in total. The standard InChI is InChI=1S/C7H11N5O/c8-4-1-2-5(7(13)12-10)6(3-4)11-9/h1-3,11H,8-10H2,(H,12,13). The molecule has 0 aliphatic rings. The van der Waals surface area contributed by atoms with Crippen molar-refractivity contribution in [1.82, 2.24) is 5.43 Å². The number of carbonyl (C=O) groups excluding carboxylic acids is 1. The van der Waals surface area contributed by atoms with Gasteiger partial charge in [0.05, 0.1) is 11.3 Å². The summed E-state index contributed by atoms with van der Waals surface area (Å²) in [6, 6.07) is 4.67. The molecule has 0 aromatic heterocycles. The summed E-state index contributed by atoms with van der Waals surface area (Å²) in [6.45, 7) is 0. The van der Waals surface area contributed by atoms with E-state index in [1.807, 2.05) is 5.43 Å². The first-order valence-electron chi connectivity index (χ1n) is 3.56. The van der Waals surface area contributed by atoms with E-state index in [4.69, 9.17) is 17.4 Å². The van der Waals surface area contributed by atoms with Crippen LogP contribution in [0.3, 0.4) is 0 Å².